The van der Waals surface area contributed by atoms with Gasteiger partial charge in [-0.15, -0.1) is 0 Å². The molecule has 0 bridgehead atoms. The van der Waals surface area contributed by atoms with Gasteiger partial charge in [-0.1, -0.05) is 140 Å². The van der Waals surface area contributed by atoms with Crippen molar-refractivity contribution in [2.24, 2.45) is 0 Å². The van der Waals surface area contributed by atoms with Crippen molar-refractivity contribution < 1.29 is 31.0 Å². The van der Waals surface area contributed by atoms with Crippen LogP contribution in [0.25, 0.3) is 0 Å². The first-order valence-corrected chi connectivity index (χ1v) is 11.5. The topological polar surface area (TPSA) is 0 Å². The van der Waals surface area contributed by atoms with Crippen molar-refractivity contribution >= 4 is 0 Å². The molecule has 0 aromatic heterocycles. The summed E-state index contributed by atoms with van der Waals surface area (Å²) in [5, 5.41) is 0. The van der Waals surface area contributed by atoms with E-state index in [0.717, 1.165) is 0 Å². The standard InChI is InChI=1S/C25H44.Na.H/c1-2-3-4-5-6-7-8-9-10-11-12-13-14-15-16-17-19-22-25-23-20-18-21-24-25;;/h18,20-21,23-24H,2-17,19,22H2,1H3;;/q;+1;-1. The molecule has 0 nitrogen and oxygen atoms in total. The average molecular weight is 369 g/mol. The van der Waals surface area contributed by atoms with Gasteiger partial charge in [0.05, 0.1) is 0 Å². The van der Waals surface area contributed by atoms with E-state index in [1.165, 1.54) is 121 Å². The fourth-order valence-corrected chi connectivity index (χ4v) is 3.70. The molecular weight excluding hydrogens is 323 g/mol. The first-order chi connectivity index (χ1) is 12.4. The number of hydrogen-bond acceptors (Lipinski definition) is 0. The summed E-state index contributed by atoms with van der Waals surface area (Å²) >= 11 is 0. The quantitative estimate of drug-likeness (QED) is 0.220. The molecule has 0 N–H and O–H groups in total. The molecule has 0 unspecified atom stereocenters. The fourth-order valence-electron chi connectivity index (χ4n) is 3.70. The Kier molecular flexibility index (Phi) is 21.7. The van der Waals surface area contributed by atoms with Gasteiger partial charge in [-0.25, -0.2) is 0 Å². The molecule has 0 radical (unpaired) electrons. The third-order valence-corrected chi connectivity index (χ3v) is 5.41. The molecule has 0 saturated heterocycles. The molecule has 146 valence electrons. The maximum Gasteiger partial charge on any atom is 1.00 e. The Morgan fingerprint density at radius 1 is 0.500 bits per heavy atom. The molecule has 0 atom stereocenters. The summed E-state index contributed by atoms with van der Waals surface area (Å²) in [6, 6.07) is 10.9. The molecule has 1 heteroatoms. The van der Waals surface area contributed by atoms with Gasteiger partial charge >= 0.3 is 29.6 Å². The van der Waals surface area contributed by atoms with Crippen molar-refractivity contribution in [2.45, 2.75) is 122 Å². The van der Waals surface area contributed by atoms with Crippen LogP contribution in [0.15, 0.2) is 30.3 Å². The van der Waals surface area contributed by atoms with E-state index in [9.17, 15) is 0 Å². The molecule has 0 saturated carbocycles. The van der Waals surface area contributed by atoms with Crippen LogP contribution in [0.4, 0.5) is 0 Å². The third kappa shape index (κ3) is 17.6. The van der Waals surface area contributed by atoms with Crippen molar-refractivity contribution in [3.05, 3.63) is 35.9 Å². The van der Waals surface area contributed by atoms with E-state index in [1.54, 1.807) is 0 Å². The second kappa shape index (κ2) is 21.5. The Balaban J connectivity index is 0. The Morgan fingerprint density at radius 3 is 1.23 bits per heavy atom. The molecule has 0 amide bonds. The number of aryl methyl sites for hydroxylation is 1. The van der Waals surface area contributed by atoms with E-state index < -0.39 is 0 Å². The van der Waals surface area contributed by atoms with Gasteiger partial charge in [0, 0.05) is 0 Å². The summed E-state index contributed by atoms with van der Waals surface area (Å²) in [5.74, 6) is 0. The van der Waals surface area contributed by atoms with E-state index in [-0.39, 0.29) is 31.0 Å². The molecule has 1 aromatic rings. The minimum atomic E-state index is 0. The van der Waals surface area contributed by atoms with Gasteiger partial charge in [0.2, 0.25) is 0 Å². The number of benzene rings is 1. The summed E-state index contributed by atoms with van der Waals surface area (Å²) < 4.78 is 0. The van der Waals surface area contributed by atoms with Crippen LogP contribution in [0, 0.1) is 0 Å². The Hall–Kier alpha value is 0.220. The van der Waals surface area contributed by atoms with E-state index >= 15 is 0 Å². The maximum atomic E-state index is 2.30. The Labute approximate surface area is 188 Å². The van der Waals surface area contributed by atoms with E-state index in [1.807, 2.05) is 0 Å². The maximum absolute atomic E-state index is 2.30. The molecule has 0 aliphatic carbocycles. The zero-order valence-corrected chi connectivity index (χ0v) is 20.1. The van der Waals surface area contributed by atoms with Crippen LogP contribution >= 0.6 is 0 Å². The van der Waals surface area contributed by atoms with Crippen LogP contribution in [-0.2, 0) is 6.42 Å². The monoisotopic (exact) mass is 368 g/mol. The largest absolute Gasteiger partial charge is 1.00 e. The summed E-state index contributed by atoms with van der Waals surface area (Å²) in [6.07, 6.45) is 25.9. The second-order valence-electron chi connectivity index (χ2n) is 7.89. The zero-order chi connectivity index (χ0) is 17.8. The molecule has 0 aliphatic rings. The minimum absolute atomic E-state index is 0. The Bertz CT molecular complexity index is 366. The van der Waals surface area contributed by atoms with E-state index in [2.05, 4.69) is 37.3 Å². The molecule has 0 fully saturated rings. The van der Waals surface area contributed by atoms with Crippen LogP contribution in [0.2, 0.25) is 0 Å². The molecule has 0 aliphatic heterocycles. The molecular formula is C25H45Na. The first kappa shape index (κ1) is 26.2. The Morgan fingerprint density at radius 2 is 0.846 bits per heavy atom. The molecule has 0 spiro atoms. The molecule has 1 rings (SSSR count). The minimum Gasteiger partial charge on any atom is -1.00 e. The van der Waals surface area contributed by atoms with Crippen molar-refractivity contribution in [3.8, 4) is 0 Å². The van der Waals surface area contributed by atoms with Crippen LogP contribution in [-0.4, -0.2) is 0 Å². The van der Waals surface area contributed by atoms with Gasteiger partial charge < -0.3 is 1.43 Å². The SMILES string of the molecule is CCCCCCCCCCCCCCCCCCCc1ccccc1.[H-].[Na+]. The van der Waals surface area contributed by atoms with Crippen LogP contribution in [0.5, 0.6) is 0 Å². The first-order valence-electron chi connectivity index (χ1n) is 11.5. The van der Waals surface area contributed by atoms with Crippen LogP contribution in [0.3, 0.4) is 0 Å². The summed E-state index contributed by atoms with van der Waals surface area (Å²) in [6.45, 7) is 2.30. The average Bonchev–Trinajstić information content (AvgIpc) is 2.65. The number of unbranched alkanes of at least 4 members (excludes halogenated alkanes) is 16. The second-order valence-corrected chi connectivity index (χ2v) is 7.89. The van der Waals surface area contributed by atoms with Gasteiger partial charge in [-0.3, -0.25) is 0 Å². The van der Waals surface area contributed by atoms with E-state index in [4.69, 9.17) is 0 Å². The predicted molar refractivity (Wildman–Crippen MR) is 115 cm³/mol. The van der Waals surface area contributed by atoms with Crippen LogP contribution in [0.1, 0.15) is 123 Å². The zero-order valence-electron chi connectivity index (χ0n) is 19.1. The van der Waals surface area contributed by atoms with Gasteiger partial charge in [0.15, 0.2) is 0 Å². The van der Waals surface area contributed by atoms with Gasteiger partial charge in [-0.05, 0) is 18.4 Å². The van der Waals surface area contributed by atoms with Gasteiger partial charge in [0.1, 0.15) is 0 Å². The summed E-state index contributed by atoms with van der Waals surface area (Å²) in [5.41, 5.74) is 1.50. The normalized spacial score (nSPS) is 10.7. The summed E-state index contributed by atoms with van der Waals surface area (Å²) in [4.78, 5) is 0. The number of rotatable bonds is 18. The van der Waals surface area contributed by atoms with Crippen molar-refractivity contribution in [2.75, 3.05) is 0 Å². The summed E-state index contributed by atoms with van der Waals surface area (Å²) in [7, 11) is 0. The number of hydrogen-bond donors (Lipinski definition) is 0. The smallest absolute Gasteiger partial charge is 1.00 e. The van der Waals surface area contributed by atoms with Crippen molar-refractivity contribution in [1.29, 1.82) is 0 Å². The molecule has 1 aromatic carbocycles. The van der Waals surface area contributed by atoms with E-state index in [0.29, 0.717) is 0 Å². The van der Waals surface area contributed by atoms with Crippen LogP contribution < -0.4 is 29.6 Å². The third-order valence-electron chi connectivity index (χ3n) is 5.41. The van der Waals surface area contributed by atoms with Gasteiger partial charge in [0.25, 0.3) is 0 Å². The van der Waals surface area contributed by atoms with Crippen molar-refractivity contribution in [1.82, 2.24) is 0 Å². The molecule has 0 heterocycles. The predicted octanol–water partition coefficient (Wildman–Crippen LogP) is 6.00. The van der Waals surface area contributed by atoms with Crippen molar-refractivity contribution in [3.63, 3.8) is 0 Å². The van der Waals surface area contributed by atoms with Gasteiger partial charge in [-0.2, -0.15) is 0 Å². The molecule has 26 heavy (non-hydrogen) atoms. The fraction of sp³-hybridized carbons (Fsp3) is 0.760.